The third-order valence-corrected chi connectivity index (χ3v) is 3.08. The van der Waals surface area contributed by atoms with Gasteiger partial charge in [0.1, 0.15) is 0 Å². The SMILES string of the molecule is CCCCC(N)(CCCC)CCCC.[O]=[Al][Cl]. The molecule has 102 valence electrons. The fourth-order valence-electron chi connectivity index (χ4n) is 1.96. The van der Waals surface area contributed by atoms with E-state index in [0.29, 0.717) is 0 Å². The standard InChI is InChI=1S/C13H29N.Al.ClH.O/c1-4-7-10-13(14,11-8-5-2)12-9-6-3;;;/h4-12,14H2,1-3H3;;1H;/q;+1;;/p-1. The number of hydrogen-bond acceptors (Lipinski definition) is 2. The molecular formula is C13H29AlClNO. The summed E-state index contributed by atoms with van der Waals surface area (Å²) < 4.78 is 8.78. The predicted octanol–water partition coefficient (Wildman–Crippen LogP) is 4.44. The van der Waals surface area contributed by atoms with E-state index in [1.807, 2.05) is 0 Å². The van der Waals surface area contributed by atoms with E-state index in [1.54, 1.807) is 0 Å². The van der Waals surface area contributed by atoms with E-state index in [1.165, 1.54) is 57.8 Å². The molecule has 0 fully saturated rings. The van der Waals surface area contributed by atoms with Crippen molar-refractivity contribution in [1.29, 1.82) is 0 Å². The Bertz CT molecular complexity index is 146. The van der Waals surface area contributed by atoms with Crippen LogP contribution >= 0.6 is 10.0 Å². The first-order valence-corrected chi connectivity index (χ1v) is 9.14. The van der Waals surface area contributed by atoms with Gasteiger partial charge in [-0.1, -0.05) is 59.3 Å². The molecule has 0 saturated carbocycles. The van der Waals surface area contributed by atoms with E-state index in [0.717, 1.165) is 0 Å². The van der Waals surface area contributed by atoms with Crippen LogP contribution < -0.4 is 5.73 Å². The van der Waals surface area contributed by atoms with Gasteiger partial charge >= 0.3 is 28.1 Å². The van der Waals surface area contributed by atoms with Gasteiger partial charge < -0.3 is 5.73 Å². The van der Waals surface area contributed by atoms with Gasteiger partial charge in [-0.2, -0.15) is 0 Å². The van der Waals surface area contributed by atoms with Crippen molar-refractivity contribution in [2.24, 2.45) is 5.73 Å². The molecular weight excluding hydrogens is 249 g/mol. The molecule has 0 spiro atoms. The second-order valence-corrected chi connectivity index (χ2v) is 5.47. The molecule has 2 nitrogen and oxygen atoms in total. The minimum absolute atomic E-state index is 0.155. The van der Waals surface area contributed by atoms with Crippen LogP contribution in [0.25, 0.3) is 0 Å². The Kier molecular flexibility index (Phi) is 17.2. The van der Waals surface area contributed by atoms with E-state index < -0.39 is 14.2 Å². The average Bonchev–Trinajstić information content (AvgIpc) is 2.33. The van der Waals surface area contributed by atoms with Gasteiger partial charge in [-0.3, -0.25) is 0 Å². The fraction of sp³-hybridized carbons (Fsp3) is 1.00. The summed E-state index contributed by atoms with van der Waals surface area (Å²) in [6.07, 6.45) is 11.4. The summed E-state index contributed by atoms with van der Waals surface area (Å²) in [4.78, 5) is 0. The Morgan fingerprint density at radius 2 is 1.18 bits per heavy atom. The second kappa shape index (κ2) is 14.6. The molecule has 0 radical (unpaired) electrons. The Hall–Kier alpha value is 0.582. The molecule has 2 N–H and O–H groups in total. The molecule has 17 heavy (non-hydrogen) atoms. The zero-order valence-electron chi connectivity index (χ0n) is 11.8. The van der Waals surface area contributed by atoms with E-state index in [-0.39, 0.29) is 5.54 Å². The molecule has 0 saturated heterocycles. The Labute approximate surface area is 118 Å². The van der Waals surface area contributed by atoms with Crippen molar-refractivity contribution in [2.75, 3.05) is 0 Å². The molecule has 0 aliphatic heterocycles. The molecule has 0 aliphatic carbocycles. The molecule has 0 unspecified atom stereocenters. The van der Waals surface area contributed by atoms with Crippen LogP contribution in [0.5, 0.6) is 0 Å². The average molecular weight is 278 g/mol. The number of unbranched alkanes of at least 4 members (excludes halogenated alkanes) is 3. The first kappa shape index (κ1) is 19.9. The third-order valence-electron chi connectivity index (χ3n) is 3.08. The monoisotopic (exact) mass is 277 g/mol. The number of nitrogens with two attached hydrogens (primary N) is 1. The van der Waals surface area contributed by atoms with E-state index in [2.05, 4.69) is 30.8 Å². The van der Waals surface area contributed by atoms with Gasteiger partial charge in [0.15, 0.2) is 0 Å². The van der Waals surface area contributed by atoms with Crippen LogP contribution in [-0.4, -0.2) is 19.8 Å². The molecule has 0 bridgehead atoms. The van der Waals surface area contributed by atoms with E-state index in [9.17, 15) is 0 Å². The Morgan fingerprint density at radius 1 is 0.941 bits per heavy atom. The Balaban J connectivity index is 0. The molecule has 4 heteroatoms. The van der Waals surface area contributed by atoms with Gasteiger partial charge in [0.25, 0.3) is 0 Å². The summed E-state index contributed by atoms with van der Waals surface area (Å²) in [7, 11) is 4.53. The van der Waals surface area contributed by atoms with Crippen LogP contribution in [-0.2, 0) is 3.80 Å². The van der Waals surface area contributed by atoms with Gasteiger partial charge in [-0.05, 0) is 19.3 Å². The zero-order chi connectivity index (χ0) is 13.6. The summed E-state index contributed by atoms with van der Waals surface area (Å²) in [5.41, 5.74) is 6.61. The summed E-state index contributed by atoms with van der Waals surface area (Å²) >= 11 is -1.03. The van der Waals surface area contributed by atoms with Gasteiger partial charge in [-0.25, -0.2) is 0 Å². The zero-order valence-corrected chi connectivity index (χ0v) is 13.7. The van der Waals surface area contributed by atoms with Crippen LogP contribution in [0, 0.1) is 0 Å². The van der Waals surface area contributed by atoms with Crippen molar-refractivity contribution < 1.29 is 3.80 Å². The molecule has 0 rings (SSSR count). The summed E-state index contributed by atoms with van der Waals surface area (Å²) in [6, 6.07) is 0. The van der Waals surface area contributed by atoms with Crippen molar-refractivity contribution in [2.45, 2.75) is 84.1 Å². The van der Waals surface area contributed by atoms with Crippen LogP contribution in [0.15, 0.2) is 0 Å². The summed E-state index contributed by atoms with van der Waals surface area (Å²) in [5.74, 6) is 0. The molecule has 0 heterocycles. The molecule has 0 atom stereocenters. The van der Waals surface area contributed by atoms with E-state index in [4.69, 9.17) is 9.54 Å². The maximum absolute atomic E-state index is 8.78. The van der Waals surface area contributed by atoms with Gasteiger partial charge in [0.2, 0.25) is 0 Å². The Morgan fingerprint density at radius 3 is 1.35 bits per heavy atom. The van der Waals surface area contributed by atoms with E-state index >= 15 is 0 Å². The van der Waals surface area contributed by atoms with Crippen molar-refractivity contribution in [1.82, 2.24) is 0 Å². The topological polar surface area (TPSA) is 43.1 Å². The molecule has 0 aromatic carbocycles. The van der Waals surface area contributed by atoms with Gasteiger partial charge in [0, 0.05) is 5.54 Å². The van der Waals surface area contributed by atoms with Crippen molar-refractivity contribution in [3.8, 4) is 0 Å². The van der Waals surface area contributed by atoms with Crippen molar-refractivity contribution >= 4 is 24.3 Å². The van der Waals surface area contributed by atoms with Gasteiger partial charge in [0.05, 0.1) is 0 Å². The van der Waals surface area contributed by atoms with Crippen LogP contribution in [0.2, 0.25) is 0 Å². The first-order chi connectivity index (χ1) is 8.10. The third kappa shape index (κ3) is 14.5. The summed E-state index contributed by atoms with van der Waals surface area (Å²) in [5, 5.41) is 0. The maximum atomic E-state index is 8.78. The van der Waals surface area contributed by atoms with Crippen LogP contribution in [0.3, 0.4) is 0 Å². The molecule has 0 aromatic heterocycles. The molecule has 0 aliphatic rings. The second-order valence-electron chi connectivity index (χ2n) is 4.76. The predicted molar refractivity (Wildman–Crippen MR) is 77.8 cm³/mol. The quantitative estimate of drug-likeness (QED) is 0.633. The first-order valence-electron chi connectivity index (χ1n) is 6.92. The van der Waals surface area contributed by atoms with Crippen LogP contribution in [0.4, 0.5) is 0 Å². The normalized spacial score (nSPS) is 10.4. The van der Waals surface area contributed by atoms with Gasteiger partial charge in [-0.15, -0.1) is 0 Å². The fourth-order valence-corrected chi connectivity index (χ4v) is 1.96. The number of halogens is 1. The molecule has 0 amide bonds. The number of hydrogen-bond donors (Lipinski definition) is 1. The van der Waals surface area contributed by atoms with Crippen molar-refractivity contribution in [3.05, 3.63) is 0 Å². The molecule has 0 aromatic rings. The minimum atomic E-state index is -1.03. The summed E-state index contributed by atoms with van der Waals surface area (Å²) in [6.45, 7) is 6.75. The number of rotatable bonds is 9. The van der Waals surface area contributed by atoms with Crippen molar-refractivity contribution in [3.63, 3.8) is 0 Å². The van der Waals surface area contributed by atoms with Crippen LogP contribution in [0.1, 0.15) is 78.6 Å².